The largest absolute Gasteiger partial charge is 0.479 e. The molecule has 0 fully saturated rings. The number of aliphatic carboxylic acids is 1. The van der Waals surface area contributed by atoms with E-state index in [1.54, 1.807) is 32.9 Å². The molecule has 1 amide bonds. The Kier molecular flexibility index (Phi) is 14.4. The summed E-state index contributed by atoms with van der Waals surface area (Å²) in [4.78, 5) is 37.9. The van der Waals surface area contributed by atoms with E-state index in [0.29, 0.717) is 44.4 Å². The summed E-state index contributed by atoms with van der Waals surface area (Å²) in [5.41, 5.74) is 9.61. The van der Waals surface area contributed by atoms with E-state index >= 15 is 0 Å². The number of nitrogens with one attached hydrogen (secondary N) is 1. The van der Waals surface area contributed by atoms with Crippen molar-refractivity contribution in [2.24, 2.45) is 0 Å². The first-order valence-corrected chi connectivity index (χ1v) is 21.0. The number of hydrogen-bond acceptors (Lipinski definition) is 5. The second kappa shape index (κ2) is 16.2. The van der Waals surface area contributed by atoms with E-state index in [4.69, 9.17) is 9.47 Å². The second-order valence-electron chi connectivity index (χ2n) is 15.3. The molecular formula is C37H59NO6Si2. The lowest BCUT2D eigenvalue weighted by molar-refractivity contribution is -0.139. The molecule has 0 heterocycles. The lowest BCUT2D eigenvalue weighted by Gasteiger charge is -2.38. The number of ether oxygens (including phenoxy) is 2. The standard InChI is InChI=1S/C37H59NO6Si2/c1-23(2)45(24(3)4,25(5)6)19-17-30-21-32(33(35(40)41)38-36(42)44-37(14,15)16)22-31(34(30)43-29(13)39)18-20-46(26(7)8,27(9)10)28(11)12/h21-28,33H,1-16H3,(H,38,42)(H,40,41)/t33-/m1/s1. The molecule has 0 bridgehead atoms. The molecule has 0 unspecified atom stereocenters. The minimum Gasteiger partial charge on any atom is -0.479 e. The van der Waals surface area contributed by atoms with Crippen molar-refractivity contribution in [3.8, 4) is 28.7 Å². The molecule has 2 N–H and O–H groups in total. The number of esters is 1. The van der Waals surface area contributed by atoms with Gasteiger partial charge in [-0.3, -0.25) is 4.79 Å². The number of carboxylic acids is 1. The molecule has 0 aliphatic rings. The molecule has 256 valence electrons. The quantitative estimate of drug-likeness (QED) is 0.111. The van der Waals surface area contributed by atoms with Gasteiger partial charge in [0.1, 0.15) is 21.7 Å². The highest BCUT2D eigenvalue weighted by Crippen LogP contribution is 2.42. The van der Waals surface area contributed by atoms with Crippen molar-refractivity contribution in [3.05, 3.63) is 28.8 Å². The van der Waals surface area contributed by atoms with E-state index in [2.05, 4.69) is 111 Å². The van der Waals surface area contributed by atoms with Crippen LogP contribution in [0.25, 0.3) is 0 Å². The minimum atomic E-state index is -2.24. The summed E-state index contributed by atoms with van der Waals surface area (Å²) in [5.74, 6) is 5.18. The second-order valence-corrected chi connectivity index (χ2v) is 26.4. The Morgan fingerprint density at radius 3 is 1.33 bits per heavy atom. The van der Waals surface area contributed by atoms with Gasteiger partial charge < -0.3 is 19.9 Å². The molecule has 1 atom stereocenters. The smallest absolute Gasteiger partial charge is 0.408 e. The predicted molar refractivity (Wildman–Crippen MR) is 193 cm³/mol. The summed E-state index contributed by atoms with van der Waals surface area (Å²) in [6, 6.07) is 1.75. The van der Waals surface area contributed by atoms with Crippen LogP contribution in [0.4, 0.5) is 4.79 Å². The fourth-order valence-corrected chi connectivity index (χ4v) is 17.6. The van der Waals surface area contributed by atoms with Crippen LogP contribution in [0.2, 0.25) is 33.2 Å². The van der Waals surface area contributed by atoms with Crippen LogP contribution in [0.3, 0.4) is 0 Å². The van der Waals surface area contributed by atoms with Crippen molar-refractivity contribution in [1.82, 2.24) is 5.32 Å². The number of benzene rings is 1. The number of amides is 1. The maximum Gasteiger partial charge on any atom is 0.408 e. The number of carboxylic acid groups (broad SMARTS) is 1. The van der Waals surface area contributed by atoms with E-state index in [9.17, 15) is 19.5 Å². The van der Waals surface area contributed by atoms with E-state index in [1.807, 2.05) is 0 Å². The molecule has 1 rings (SSSR count). The predicted octanol–water partition coefficient (Wildman–Crippen LogP) is 9.40. The third kappa shape index (κ3) is 9.75. The molecule has 1 aromatic carbocycles. The normalized spacial score (nSPS) is 13.0. The van der Waals surface area contributed by atoms with E-state index in [-0.39, 0.29) is 11.3 Å². The van der Waals surface area contributed by atoms with Gasteiger partial charge in [0.05, 0.1) is 11.1 Å². The van der Waals surface area contributed by atoms with Crippen LogP contribution < -0.4 is 10.1 Å². The number of alkyl carbamates (subject to hydrolysis) is 1. The summed E-state index contributed by atoms with van der Waals surface area (Å²) < 4.78 is 11.2. The van der Waals surface area contributed by atoms with Gasteiger partial charge in [0.15, 0.2) is 11.8 Å². The average molecular weight is 670 g/mol. The van der Waals surface area contributed by atoms with Gasteiger partial charge in [0, 0.05) is 6.92 Å². The number of hydrogen-bond donors (Lipinski definition) is 2. The van der Waals surface area contributed by atoms with Crippen LogP contribution in [-0.2, 0) is 14.3 Å². The fourth-order valence-electron chi connectivity index (χ4n) is 7.19. The summed E-state index contributed by atoms with van der Waals surface area (Å²) in [5, 5.41) is 12.8. The molecule has 0 radical (unpaired) electrons. The van der Waals surface area contributed by atoms with Crippen LogP contribution in [0, 0.1) is 22.9 Å². The van der Waals surface area contributed by atoms with Crippen LogP contribution in [0.15, 0.2) is 12.1 Å². The van der Waals surface area contributed by atoms with Gasteiger partial charge in [-0.25, -0.2) is 9.59 Å². The van der Waals surface area contributed by atoms with Crippen molar-refractivity contribution in [3.63, 3.8) is 0 Å². The molecular weight excluding hydrogens is 611 g/mol. The maximum atomic E-state index is 12.8. The molecule has 46 heavy (non-hydrogen) atoms. The molecule has 9 heteroatoms. The van der Waals surface area contributed by atoms with Crippen molar-refractivity contribution >= 4 is 34.2 Å². The summed E-state index contributed by atoms with van der Waals surface area (Å²) in [6.07, 6.45) is -0.860. The van der Waals surface area contributed by atoms with Crippen LogP contribution >= 0.6 is 0 Å². The molecule has 0 spiro atoms. The first-order valence-electron chi connectivity index (χ1n) is 16.6. The van der Waals surface area contributed by atoms with E-state index in [0.717, 1.165) is 0 Å². The highest BCUT2D eigenvalue weighted by Gasteiger charge is 2.43. The third-order valence-electron chi connectivity index (χ3n) is 9.16. The van der Waals surface area contributed by atoms with Crippen LogP contribution in [0.1, 0.15) is 134 Å². The summed E-state index contributed by atoms with van der Waals surface area (Å²) in [6.45, 7) is 33.0. The highest BCUT2D eigenvalue weighted by molar-refractivity contribution is 6.91. The maximum absolute atomic E-state index is 12.8. The Labute approximate surface area is 281 Å². The third-order valence-corrected chi connectivity index (χ3v) is 21.7. The Morgan fingerprint density at radius 2 is 1.07 bits per heavy atom. The first kappa shape index (κ1) is 41.0. The zero-order valence-corrected chi connectivity index (χ0v) is 33.2. The molecule has 0 aliphatic heterocycles. The Balaban J connectivity index is 4.37. The number of rotatable bonds is 10. The van der Waals surface area contributed by atoms with Crippen molar-refractivity contribution in [2.75, 3.05) is 0 Å². The molecule has 0 aliphatic carbocycles. The van der Waals surface area contributed by atoms with Crippen LogP contribution in [-0.4, -0.2) is 44.9 Å². The number of carbonyl (C=O) groups is 3. The van der Waals surface area contributed by atoms with Gasteiger partial charge in [0.25, 0.3) is 0 Å². The number of carbonyl (C=O) groups excluding carboxylic acids is 2. The van der Waals surface area contributed by atoms with Crippen molar-refractivity contribution in [2.45, 2.75) is 156 Å². The lowest BCUT2D eigenvalue weighted by atomic mass is 9.99. The van der Waals surface area contributed by atoms with Crippen molar-refractivity contribution in [1.29, 1.82) is 0 Å². The SMILES string of the molecule is CC(=O)Oc1c(C#C[Si](C(C)C)(C(C)C)C(C)C)cc([C@@H](NC(=O)OC(C)(C)C)C(=O)O)cc1C#C[Si](C(C)C)(C(C)C)C(C)C. The molecule has 0 aromatic heterocycles. The topological polar surface area (TPSA) is 102 Å². The monoisotopic (exact) mass is 669 g/mol. The van der Waals surface area contributed by atoms with E-state index < -0.39 is 45.8 Å². The zero-order chi connectivity index (χ0) is 35.9. The summed E-state index contributed by atoms with van der Waals surface area (Å²) in [7, 11) is -4.48. The van der Waals surface area contributed by atoms with Gasteiger partial charge >= 0.3 is 18.0 Å². The van der Waals surface area contributed by atoms with Gasteiger partial charge in [-0.1, -0.05) is 94.9 Å². The fraction of sp³-hybridized carbons (Fsp3) is 0.649. The lowest BCUT2D eigenvalue weighted by Crippen LogP contribution is -2.43. The van der Waals surface area contributed by atoms with Crippen LogP contribution in [0.5, 0.6) is 5.75 Å². The Bertz CT molecular complexity index is 1270. The van der Waals surface area contributed by atoms with Gasteiger partial charge in [-0.05, 0) is 71.7 Å². The average Bonchev–Trinajstić information content (AvgIpc) is 2.86. The molecule has 1 aromatic rings. The van der Waals surface area contributed by atoms with Gasteiger partial charge in [-0.2, -0.15) is 0 Å². The first-order chi connectivity index (χ1) is 20.9. The zero-order valence-electron chi connectivity index (χ0n) is 31.2. The Morgan fingerprint density at radius 1 is 0.717 bits per heavy atom. The van der Waals surface area contributed by atoms with Crippen molar-refractivity contribution < 1.29 is 29.0 Å². The highest BCUT2D eigenvalue weighted by atomic mass is 28.3. The van der Waals surface area contributed by atoms with Gasteiger partial charge in [0.2, 0.25) is 0 Å². The Hall–Kier alpha value is -3.02. The molecule has 0 saturated carbocycles. The summed E-state index contributed by atoms with van der Waals surface area (Å²) >= 11 is 0. The minimum absolute atomic E-state index is 0.219. The van der Waals surface area contributed by atoms with E-state index in [1.165, 1.54) is 6.92 Å². The van der Waals surface area contributed by atoms with Gasteiger partial charge in [-0.15, -0.1) is 11.1 Å². The molecule has 0 saturated heterocycles. The molecule has 7 nitrogen and oxygen atoms in total.